The molecule has 8 heteroatoms. The fourth-order valence-electron chi connectivity index (χ4n) is 2.70. The van der Waals surface area contributed by atoms with Gasteiger partial charge in [-0.1, -0.05) is 41.9 Å². The van der Waals surface area contributed by atoms with Crippen LogP contribution in [0.3, 0.4) is 0 Å². The summed E-state index contributed by atoms with van der Waals surface area (Å²) in [5, 5.41) is 11.2. The highest BCUT2D eigenvalue weighted by atomic mass is 79.9. The van der Waals surface area contributed by atoms with Gasteiger partial charge in [0, 0.05) is 27.6 Å². The Hall–Kier alpha value is -2.22. The number of benzene rings is 2. The zero-order valence-corrected chi connectivity index (χ0v) is 16.4. The van der Waals surface area contributed by atoms with Gasteiger partial charge in [-0.25, -0.2) is 4.98 Å². The summed E-state index contributed by atoms with van der Waals surface area (Å²) in [6.45, 7) is 0. The van der Waals surface area contributed by atoms with Crippen molar-refractivity contribution in [3.63, 3.8) is 0 Å². The molecule has 0 aliphatic carbocycles. The van der Waals surface area contributed by atoms with Crippen LogP contribution in [-0.4, -0.2) is 20.7 Å². The molecule has 1 atom stereocenters. The molecule has 5 nitrogen and oxygen atoms in total. The lowest BCUT2D eigenvalue weighted by Crippen LogP contribution is -2.27. The summed E-state index contributed by atoms with van der Waals surface area (Å²) in [7, 11) is 0. The van der Waals surface area contributed by atoms with E-state index in [9.17, 15) is 4.79 Å². The Bertz CT molecular complexity index is 1070. The average Bonchev–Trinajstić information content (AvgIpc) is 3.29. The second-order valence-corrected chi connectivity index (χ2v) is 7.67. The van der Waals surface area contributed by atoms with Gasteiger partial charge in [-0.2, -0.15) is 5.10 Å². The SMILES string of the molecule is O=C(Nc1nccs1)C(c1ccccc1)n1cc2ccc(Br)c(Cl)c2n1. The van der Waals surface area contributed by atoms with Gasteiger partial charge < -0.3 is 0 Å². The van der Waals surface area contributed by atoms with Crippen molar-refractivity contribution in [3.8, 4) is 0 Å². The first-order valence-corrected chi connectivity index (χ1v) is 9.77. The molecule has 1 amide bonds. The fraction of sp³-hybridized carbons (Fsp3) is 0.0556. The Morgan fingerprint density at radius 2 is 2.04 bits per heavy atom. The van der Waals surface area contributed by atoms with Crippen LogP contribution >= 0.6 is 38.9 Å². The minimum Gasteiger partial charge on any atom is -0.300 e. The third-order valence-corrected chi connectivity index (χ3v) is 5.84. The summed E-state index contributed by atoms with van der Waals surface area (Å²) >= 11 is 11.1. The van der Waals surface area contributed by atoms with E-state index in [2.05, 4.69) is 31.3 Å². The summed E-state index contributed by atoms with van der Waals surface area (Å²) in [4.78, 5) is 17.1. The minimum absolute atomic E-state index is 0.214. The Morgan fingerprint density at radius 1 is 1.23 bits per heavy atom. The predicted molar refractivity (Wildman–Crippen MR) is 108 cm³/mol. The molecule has 0 bridgehead atoms. The molecule has 0 fully saturated rings. The van der Waals surface area contributed by atoms with Crippen LogP contribution in [-0.2, 0) is 4.79 Å². The molecule has 0 aliphatic heterocycles. The highest BCUT2D eigenvalue weighted by Crippen LogP contribution is 2.31. The average molecular weight is 448 g/mol. The van der Waals surface area contributed by atoms with Crippen LogP contribution in [0.4, 0.5) is 5.13 Å². The quantitative estimate of drug-likeness (QED) is 0.471. The maximum atomic E-state index is 13.0. The number of fused-ring (bicyclic) bond motifs is 1. The van der Waals surface area contributed by atoms with Gasteiger partial charge in [-0.15, -0.1) is 11.3 Å². The molecule has 4 rings (SSSR count). The van der Waals surface area contributed by atoms with Crippen molar-refractivity contribution in [3.05, 3.63) is 75.3 Å². The molecule has 1 N–H and O–H groups in total. The Labute approximate surface area is 166 Å². The third kappa shape index (κ3) is 3.25. The highest BCUT2D eigenvalue weighted by Gasteiger charge is 2.25. The lowest BCUT2D eigenvalue weighted by Gasteiger charge is -2.17. The van der Waals surface area contributed by atoms with Gasteiger partial charge >= 0.3 is 0 Å². The van der Waals surface area contributed by atoms with Gasteiger partial charge in [-0.3, -0.25) is 14.8 Å². The van der Waals surface area contributed by atoms with Crippen molar-refractivity contribution in [1.82, 2.24) is 14.8 Å². The number of hydrogen-bond donors (Lipinski definition) is 1. The number of nitrogens with one attached hydrogen (secondary N) is 1. The standard InChI is InChI=1S/C18H12BrClN4OS/c19-13-7-6-12-10-24(23-15(12)14(13)20)16(11-4-2-1-3-5-11)17(25)22-18-21-8-9-26-18/h1-10,16H,(H,21,22,25). The fourth-order valence-corrected chi connectivity index (χ4v) is 3.76. The van der Waals surface area contributed by atoms with E-state index in [-0.39, 0.29) is 5.91 Å². The van der Waals surface area contributed by atoms with Crippen LogP contribution in [0.25, 0.3) is 10.9 Å². The van der Waals surface area contributed by atoms with Crippen LogP contribution < -0.4 is 5.32 Å². The first kappa shape index (κ1) is 17.2. The molecular formula is C18H12BrClN4OS. The van der Waals surface area contributed by atoms with Crippen LogP contribution in [0.5, 0.6) is 0 Å². The molecule has 2 aromatic carbocycles. The van der Waals surface area contributed by atoms with Crippen molar-refractivity contribution in [2.75, 3.05) is 5.32 Å². The first-order chi connectivity index (χ1) is 12.6. The first-order valence-electron chi connectivity index (χ1n) is 7.71. The number of hydrogen-bond acceptors (Lipinski definition) is 4. The normalized spacial score (nSPS) is 12.2. The van der Waals surface area contributed by atoms with E-state index in [4.69, 9.17) is 11.6 Å². The van der Waals surface area contributed by atoms with Crippen molar-refractivity contribution in [2.45, 2.75) is 6.04 Å². The van der Waals surface area contributed by atoms with Gasteiger partial charge in [0.05, 0.1) is 5.02 Å². The van der Waals surface area contributed by atoms with E-state index in [1.165, 1.54) is 11.3 Å². The maximum Gasteiger partial charge on any atom is 0.255 e. The molecule has 0 aliphatic rings. The number of anilines is 1. The molecule has 0 radical (unpaired) electrons. The van der Waals surface area contributed by atoms with Crippen molar-refractivity contribution in [2.24, 2.45) is 0 Å². The summed E-state index contributed by atoms with van der Waals surface area (Å²) in [6, 6.07) is 12.6. The maximum absolute atomic E-state index is 13.0. The zero-order chi connectivity index (χ0) is 18.1. The number of carbonyl (C=O) groups excluding carboxylic acids is 1. The predicted octanol–water partition coefficient (Wildman–Crippen LogP) is 5.14. The van der Waals surface area contributed by atoms with Gasteiger partial charge in [-0.05, 0) is 33.6 Å². The third-order valence-electron chi connectivity index (χ3n) is 3.88. The van der Waals surface area contributed by atoms with E-state index in [1.54, 1.807) is 10.9 Å². The Balaban J connectivity index is 1.80. The lowest BCUT2D eigenvalue weighted by molar-refractivity contribution is -0.118. The Kier molecular flexibility index (Phi) is 4.76. The number of amides is 1. The van der Waals surface area contributed by atoms with E-state index in [1.807, 2.05) is 54.0 Å². The van der Waals surface area contributed by atoms with Crippen LogP contribution in [0.15, 0.2) is 64.7 Å². The van der Waals surface area contributed by atoms with Gasteiger partial charge in [0.25, 0.3) is 5.91 Å². The summed E-state index contributed by atoms with van der Waals surface area (Å²) in [5.41, 5.74) is 1.47. The summed E-state index contributed by atoms with van der Waals surface area (Å²) in [6.07, 6.45) is 3.48. The molecule has 4 aromatic rings. The molecule has 26 heavy (non-hydrogen) atoms. The smallest absolute Gasteiger partial charge is 0.255 e. The van der Waals surface area contributed by atoms with Crippen molar-refractivity contribution in [1.29, 1.82) is 0 Å². The monoisotopic (exact) mass is 446 g/mol. The molecule has 1 unspecified atom stereocenters. The molecule has 0 saturated heterocycles. The molecule has 0 saturated carbocycles. The van der Waals surface area contributed by atoms with E-state index in [0.29, 0.717) is 15.7 Å². The molecule has 2 aromatic heterocycles. The van der Waals surface area contributed by atoms with Gasteiger partial charge in [0.1, 0.15) is 5.52 Å². The second-order valence-electron chi connectivity index (χ2n) is 5.55. The number of carbonyl (C=O) groups is 1. The molecule has 130 valence electrons. The number of rotatable bonds is 4. The van der Waals surface area contributed by atoms with E-state index < -0.39 is 6.04 Å². The second kappa shape index (κ2) is 7.19. The van der Waals surface area contributed by atoms with Crippen molar-refractivity contribution >= 4 is 60.8 Å². The topological polar surface area (TPSA) is 59.8 Å². The summed E-state index contributed by atoms with van der Waals surface area (Å²) in [5.74, 6) is -0.214. The van der Waals surface area contributed by atoms with Gasteiger partial charge in [0.15, 0.2) is 11.2 Å². The lowest BCUT2D eigenvalue weighted by atomic mass is 10.1. The minimum atomic E-state index is -0.637. The number of thiazole rings is 1. The van der Waals surface area contributed by atoms with E-state index >= 15 is 0 Å². The van der Waals surface area contributed by atoms with Crippen LogP contribution in [0, 0.1) is 0 Å². The number of aromatic nitrogens is 3. The molecular weight excluding hydrogens is 436 g/mol. The van der Waals surface area contributed by atoms with Crippen LogP contribution in [0.1, 0.15) is 11.6 Å². The molecule has 2 heterocycles. The number of nitrogens with zero attached hydrogens (tertiary/aromatic N) is 3. The highest BCUT2D eigenvalue weighted by molar-refractivity contribution is 9.10. The molecule has 0 spiro atoms. The van der Waals surface area contributed by atoms with Crippen LogP contribution in [0.2, 0.25) is 5.02 Å². The van der Waals surface area contributed by atoms with Gasteiger partial charge in [0.2, 0.25) is 0 Å². The Morgan fingerprint density at radius 3 is 2.77 bits per heavy atom. The zero-order valence-electron chi connectivity index (χ0n) is 13.3. The van der Waals surface area contributed by atoms with Crippen molar-refractivity contribution < 1.29 is 4.79 Å². The van der Waals surface area contributed by atoms with E-state index in [0.717, 1.165) is 15.4 Å². The number of halogens is 2. The summed E-state index contributed by atoms with van der Waals surface area (Å²) < 4.78 is 2.40. The largest absolute Gasteiger partial charge is 0.300 e.